The molecular weight excluding hydrogens is 378 g/mol. The van der Waals surface area contributed by atoms with Crippen molar-refractivity contribution in [3.63, 3.8) is 0 Å². The Kier molecular flexibility index (Phi) is 7.70. The van der Waals surface area contributed by atoms with Gasteiger partial charge in [-0.3, -0.25) is 4.79 Å². The Labute approximate surface area is 176 Å². The van der Waals surface area contributed by atoms with E-state index in [1.165, 1.54) is 43.2 Å². The molecule has 1 heterocycles. The highest BCUT2D eigenvalue weighted by molar-refractivity contribution is 7.08. The summed E-state index contributed by atoms with van der Waals surface area (Å²) in [5.41, 5.74) is 8.82. The molecule has 0 unspecified atom stereocenters. The van der Waals surface area contributed by atoms with Gasteiger partial charge in [-0.15, -0.1) is 0 Å². The Hall–Kier alpha value is -2.79. The molecule has 29 heavy (non-hydrogen) atoms. The van der Waals surface area contributed by atoms with Crippen molar-refractivity contribution in [2.24, 2.45) is 16.6 Å². The zero-order valence-electron chi connectivity index (χ0n) is 16.6. The maximum atomic E-state index is 11.3. The van der Waals surface area contributed by atoms with Gasteiger partial charge in [-0.2, -0.15) is 4.37 Å². The average Bonchev–Trinajstić information content (AvgIpc) is 3.19. The average molecular weight is 406 g/mol. The quantitative estimate of drug-likeness (QED) is 0.525. The summed E-state index contributed by atoms with van der Waals surface area (Å²) in [6.45, 7) is 3.50. The Morgan fingerprint density at radius 3 is 2.03 bits per heavy atom. The summed E-state index contributed by atoms with van der Waals surface area (Å²) in [6, 6.07) is 20.8. The van der Waals surface area contributed by atoms with E-state index in [-0.39, 0.29) is 0 Å². The van der Waals surface area contributed by atoms with E-state index in [9.17, 15) is 4.79 Å². The molecule has 4 rings (SSSR count). The van der Waals surface area contributed by atoms with Crippen LogP contribution in [0.15, 0.2) is 65.7 Å². The second kappa shape index (κ2) is 10.7. The molecule has 1 aliphatic rings. The van der Waals surface area contributed by atoms with Gasteiger partial charge >= 0.3 is 0 Å². The number of carbonyl (C=O) groups excluding carboxylic acids is 1. The van der Waals surface area contributed by atoms with Crippen molar-refractivity contribution in [1.29, 1.82) is 0 Å². The molecule has 0 aliphatic heterocycles. The maximum Gasteiger partial charge on any atom is 0.260 e. The van der Waals surface area contributed by atoms with E-state index >= 15 is 0 Å². The van der Waals surface area contributed by atoms with Crippen LogP contribution in [0.3, 0.4) is 0 Å². The topological polar surface area (TPSA) is 68.3 Å². The van der Waals surface area contributed by atoms with Gasteiger partial charge in [-0.25, -0.2) is 4.99 Å². The van der Waals surface area contributed by atoms with E-state index < -0.39 is 5.91 Å². The van der Waals surface area contributed by atoms with Crippen molar-refractivity contribution in [2.75, 3.05) is 0 Å². The largest absolute Gasteiger partial charge is 0.365 e. The van der Waals surface area contributed by atoms with Gasteiger partial charge in [0.15, 0.2) is 5.82 Å². The zero-order chi connectivity index (χ0) is 20.5. The smallest absolute Gasteiger partial charge is 0.260 e. The minimum absolute atomic E-state index is 0.400. The number of aliphatic imine (C=N–C) groups is 1. The van der Waals surface area contributed by atoms with Gasteiger partial charge in [-0.05, 0) is 41.7 Å². The van der Waals surface area contributed by atoms with Gasteiger partial charge < -0.3 is 5.73 Å². The van der Waals surface area contributed by atoms with Crippen LogP contribution in [-0.4, -0.2) is 17.0 Å². The summed E-state index contributed by atoms with van der Waals surface area (Å²) in [4.78, 5) is 15.8. The Morgan fingerprint density at radius 1 is 1.00 bits per heavy atom. The molecule has 1 aromatic heterocycles. The second-order valence-electron chi connectivity index (χ2n) is 7.28. The van der Waals surface area contributed by atoms with Crippen molar-refractivity contribution < 1.29 is 4.79 Å². The fourth-order valence-electron chi connectivity index (χ4n) is 3.74. The fourth-order valence-corrected chi connectivity index (χ4v) is 4.46. The molecule has 1 fully saturated rings. The van der Waals surface area contributed by atoms with Crippen LogP contribution < -0.4 is 5.73 Å². The molecule has 1 aliphatic carbocycles. The van der Waals surface area contributed by atoms with Gasteiger partial charge in [0.05, 0.1) is 0 Å². The van der Waals surface area contributed by atoms with Crippen LogP contribution in [-0.2, 0) is 6.42 Å². The van der Waals surface area contributed by atoms with Crippen LogP contribution in [0.25, 0.3) is 11.1 Å². The van der Waals surface area contributed by atoms with E-state index in [1.807, 2.05) is 12.1 Å². The molecule has 150 valence electrons. The fraction of sp³-hybridized carbons (Fsp3) is 0.292. The van der Waals surface area contributed by atoms with Crippen molar-refractivity contribution in [3.05, 3.63) is 71.1 Å². The number of primary amides is 1. The summed E-state index contributed by atoms with van der Waals surface area (Å²) in [5.74, 6) is 0.830. The monoisotopic (exact) mass is 405 g/mol. The maximum absolute atomic E-state index is 11.3. The molecule has 3 aromatic rings. The first-order valence-corrected chi connectivity index (χ1v) is 10.8. The molecule has 1 amide bonds. The molecule has 0 bridgehead atoms. The predicted octanol–water partition coefficient (Wildman–Crippen LogP) is 6.05. The molecule has 0 atom stereocenters. The lowest BCUT2D eigenvalue weighted by Crippen LogP contribution is -2.14. The lowest BCUT2D eigenvalue weighted by Gasteiger charge is -2.21. The first kappa shape index (κ1) is 20.9. The van der Waals surface area contributed by atoms with Crippen LogP contribution in [0, 0.1) is 5.92 Å². The first-order valence-electron chi connectivity index (χ1n) is 10.0. The number of hydrogen-bond donors (Lipinski definition) is 1. The molecular formula is C24H27N3OS. The van der Waals surface area contributed by atoms with Gasteiger partial charge in [0.1, 0.15) is 4.88 Å². The summed E-state index contributed by atoms with van der Waals surface area (Å²) in [5, 5.41) is 0. The lowest BCUT2D eigenvalue weighted by molar-refractivity contribution is 0.100. The number of aromatic nitrogens is 1. The highest BCUT2D eigenvalue weighted by Gasteiger charge is 2.22. The third kappa shape index (κ3) is 5.84. The van der Waals surface area contributed by atoms with Crippen LogP contribution >= 0.6 is 11.5 Å². The number of hydrogen-bond acceptors (Lipinski definition) is 4. The van der Waals surface area contributed by atoms with E-state index in [1.54, 1.807) is 0 Å². The molecule has 4 nitrogen and oxygen atoms in total. The molecule has 2 aromatic carbocycles. The number of benzene rings is 2. The highest BCUT2D eigenvalue weighted by atomic mass is 32.1. The van der Waals surface area contributed by atoms with Crippen LogP contribution in [0.5, 0.6) is 0 Å². The molecule has 2 N–H and O–H groups in total. The summed E-state index contributed by atoms with van der Waals surface area (Å²) >= 11 is 1.14. The SMILES string of the molecule is C=Nc1nsc(C(N)=O)c1CC1CCCCC1.c1ccc(-c2ccccc2)cc1. The van der Waals surface area contributed by atoms with Gasteiger partial charge in [0, 0.05) is 5.56 Å². The Morgan fingerprint density at radius 2 is 1.55 bits per heavy atom. The van der Waals surface area contributed by atoms with Crippen molar-refractivity contribution in [3.8, 4) is 11.1 Å². The molecule has 0 spiro atoms. The number of rotatable bonds is 5. The van der Waals surface area contributed by atoms with Gasteiger partial charge in [0.2, 0.25) is 0 Å². The van der Waals surface area contributed by atoms with Gasteiger partial charge in [0.25, 0.3) is 5.91 Å². The van der Waals surface area contributed by atoms with Crippen molar-refractivity contribution in [2.45, 2.75) is 38.5 Å². The number of amides is 1. The number of carbonyl (C=O) groups is 1. The van der Waals surface area contributed by atoms with Crippen LogP contribution in [0.4, 0.5) is 5.82 Å². The number of nitrogens with two attached hydrogens (primary N) is 1. The van der Waals surface area contributed by atoms with Crippen LogP contribution in [0.2, 0.25) is 0 Å². The Balaban J connectivity index is 0.000000176. The molecule has 0 saturated heterocycles. The molecule has 1 saturated carbocycles. The second-order valence-corrected chi connectivity index (χ2v) is 8.05. The minimum atomic E-state index is -0.400. The third-order valence-electron chi connectivity index (χ3n) is 5.24. The Bertz CT molecular complexity index is 878. The number of nitrogens with zero attached hydrogens (tertiary/aromatic N) is 2. The van der Waals surface area contributed by atoms with E-state index in [0.29, 0.717) is 16.6 Å². The standard InChI is InChI=1S/C12H17N3OS.C12H10/c1-14-12-9(10(11(13)16)17-15-12)7-8-5-3-2-4-6-8;1-3-7-11(8-4-1)12-9-5-2-6-10-12/h8H,1-7H2,(H2,13,16);1-10H. The van der Waals surface area contributed by atoms with E-state index in [4.69, 9.17) is 5.73 Å². The van der Waals surface area contributed by atoms with Crippen molar-refractivity contribution >= 4 is 30.0 Å². The van der Waals surface area contributed by atoms with Crippen molar-refractivity contribution in [1.82, 2.24) is 4.37 Å². The zero-order valence-corrected chi connectivity index (χ0v) is 17.4. The third-order valence-corrected chi connectivity index (χ3v) is 6.13. The summed E-state index contributed by atoms with van der Waals surface area (Å²) in [6.07, 6.45) is 7.21. The minimum Gasteiger partial charge on any atom is -0.365 e. The highest BCUT2D eigenvalue weighted by Crippen LogP contribution is 2.33. The van der Waals surface area contributed by atoms with E-state index in [2.05, 4.69) is 64.6 Å². The molecule has 0 radical (unpaired) electrons. The van der Waals surface area contributed by atoms with Crippen LogP contribution in [0.1, 0.15) is 47.3 Å². The van der Waals surface area contributed by atoms with E-state index in [0.717, 1.165) is 23.5 Å². The summed E-state index contributed by atoms with van der Waals surface area (Å²) in [7, 11) is 0. The normalized spacial score (nSPS) is 13.9. The first-order chi connectivity index (χ1) is 14.2. The predicted molar refractivity (Wildman–Crippen MR) is 122 cm³/mol. The van der Waals surface area contributed by atoms with Gasteiger partial charge in [-0.1, -0.05) is 92.8 Å². The lowest BCUT2D eigenvalue weighted by atomic mass is 9.85. The molecule has 5 heteroatoms. The summed E-state index contributed by atoms with van der Waals surface area (Å²) < 4.78 is 4.13.